The molecule has 2 aliphatic carbocycles. The Balaban J connectivity index is 0.000000188. The third-order valence-corrected chi connectivity index (χ3v) is 8.28. The molecule has 2 aliphatic rings. The van der Waals surface area contributed by atoms with E-state index in [9.17, 15) is 13.2 Å². The number of rotatable bonds is 2. The van der Waals surface area contributed by atoms with Crippen molar-refractivity contribution < 1.29 is 17.8 Å². The lowest BCUT2D eigenvalue weighted by Gasteiger charge is -2.35. The van der Waals surface area contributed by atoms with Crippen LogP contribution < -0.4 is 0 Å². The third kappa shape index (κ3) is 6.77. The summed E-state index contributed by atoms with van der Waals surface area (Å²) in [7, 11) is -4.08. The maximum atomic E-state index is 11.9. The zero-order valence-corrected chi connectivity index (χ0v) is 22.0. The molecule has 0 aliphatic heterocycles. The van der Waals surface area contributed by atoms with Gasteiger partial charge in [0.15, 0.2) is 0 Å². The van der Waals surface area contributed by atoms with Gasteiger partial charge in [-0.25, -0.2) is 0 Å². The number of fused-ring (bicyclic) bond motifs is 2. The summed E-state index contributed by atoms with van der Waals surface area (Å²) >= 11 is 0. The van der Waals surface area contributed by atoms with Gasteiger partial charge in [0.1, 0.15) is 5.78 Å². The van der Waals surface area contributed by atoms with Crippen molar-refractivity contribution in [1.29, 1.82) is 0 Å². The van der Waals surface area contributed by atoms with E-state index in [1.165, 1.54) is 16.7 Å². The van der Waals surface area contributed by atoms with Crippen LogP contribution in [0.1, 0.15) is 70.6 Å². The molecule has 0 saturated heterocycles. The molecule has 1 N–H and O–H groups in total. The van der Waals surface area contributed by atoms with E-state index in [4.69, 9.17) is 4.55 Å². The average Bonchev–Trinajstić information content (AvgIpc) is 3.02. The molecule has 0 aromatic heterocycles. The first-order chi connectivity index (χ1) is 15.1. The van der Waals surface area contributed by atoms with Crippen LogP contribution in [0.2, 0.25) is 0 Å². The smallest absolute Gasteiger partial charge is 0.265 e. The van der Waals surface area contributed by atoms with Crippen LogP contribution in [0, 0.1) is 30.6 Å². The maximum absolute atomic E-state index is 11.9. The van der Waals surface area contributed by atoms with Gasteiger partial charge in [-0.1, -0.05) is 100 Å². The number of hydrogen-bond donors (Lipinski definition) is 1. The van der Waals surface area contributed by atoms with Crippen LogP contribution in [0.4, 0.5) is 0 Å². The number of carbonyl (C=O) groups is 1. The molecule has 2 saturated carbocycles. The van der Waals surface area contributed by atoms with E-state index in [1.54, 1.807) is 0 Å². The highest BCUT2D eigenvalue weighted by Crippen LogP contribution is 2.64. The molecule has 2 aromatic rings. The Labute approximate surface area is 200 Å². The SMILES string of the molecule is CC1(C)C2CCC1(CS(=O)(=O)O)C(=O)C2.Cc1ccc(C(C)(C)C)cc1.Cc1ccccc1. The van der Waals surface area contributed by atoms with E-state index in [2.05, 4.69) is 71.0 Å². The molecule has 0 heterocycles. The second-order valence-corrected chi connectivity index (χ2v) is 12.6. The number of Topliss-reactive ketones (excluding diaryl/α,β-unsaturated/α-hetero) is 1. The van der Waals surface area contributed by atoms with E-state index >= 15 is 0 Å². The largest absolute Gasteiger partial charge is 0.299 e. The second-order valence-electron chi connectivity index (χ2n) is 11.2. The van der Waals surface area contributed by atoms with Gasteiger partial charge in [0.25, 0.3) is 10.1 Å². The van der Waals surface area contributed by atoms with Gasteiger partial charge >= 0.3 is 0 Å². The lowest BCUT2D eigenvalue weighted by Crippen LogP contribution is -2.42. The fraction of sp³-hybridized carbons (Fsp3) is 0.536. The fourth-order valence-electron chi connectivity index (χ4n) is 5.01. The number of benzene rings is 2. The number of hydrogen-bond acceptors (Lipinski definition) is 3. The average molecular weight is 473 g/mol. The van der Waals surface area contributed by atoms with Crippen LogP contribution in [0.5, 0.6) is 0 Å². The summed E-state index contributed by atoms with van der Waals surface area (Å²) in [5, 5.41) is 0. The summed E-state index contributed by atoms with van der Waals surface area (Å²) in [6.07, 6.45) is 1.97. The first-order valence-electron chi connectivity index (χ1n) is 11.7. The molecule has 2 atom stereocenters. The predicted molar refractivity (Wildman–Crippen MR) is 136 cm³/mol. The molecule has 2 aromatic carbocycles. The Morgan fingerprint density at radius 2 is 1.45 bits per heavy atom. The van der Waals surface area contributed by atoms with Crippen LogP contribution in [-0.4, -0.2) is 24.5 Å². The maximum Gasteiger partial charge on any atom is 0.265 e. The van der Waals surface area contributed by atoms with Crippen molar-refractivity contribution >= 4 is 15.9 Å². The second kappa shape index (κ2) is 10.1. The number of carbonyl (C=O) groups excluding carboxylic acids is 1. The molecule has 4 nitrogen and oxygen atoms in total. The molecular weight excluding hydrogens is 432 g/mol. The van der Waals surface area contributed by atoms with Gasteiger partial charge in [0.2, 0.25) is 0 Å². The molecule has 2 fully saturated rings. The zero-order valence-electron chi connectivity index (χ0n) is 21.2. The summed E-state index contributed by atoms with van der Waals surface area (Å²) < 4.78 is 31.0. The minimum atomic E-state index is -4.08. The quantitative estimate of drug-likeness (QED) is 0.503. The molecule has 0 spiro atoms. The zero-order chi connectivity index (χ0) is 25.1. The normalized spacial score (nSPS) is 23.3. The standard InChI is InChI=1S/C11H16.C10H16O4S.C7H8/c1-9-5-7-10(8-6-9)11(2,3)4;1-9(2)7-3-4-10(9,8(11)5-7)6-15(12,13)14;1-7-5-3-2-4-6-7/h5-8H,1-4H3;7H,3-6H2,1-2H3,(H,12,13,14);2-6H,1H3. The summed E-state index contributed by atoms with van der Waals surface area (Å²) in [6, 6.07) is 19.0. The van der Waals surface area contributed by atoms with Crippen molar-refractivity contribution in [3.05, 3.63) is 71.3 Å². The van der Waals surface area contributed by atoms with E-state index < -0.39 is 21.3 Å². The van der Waals surface area contributed by atoms with Gasteiger partial charge in [0, 0.05) is 6.42 Å². The molecule has 2 unspecified atom stereocenters. The lowest BCUT2D eigenvalue weighted by molar-refractivity contribution is -0.128. The molecule has 0 radical (unpaired) electrons. The van der Waals surface area contributed by atoms with Crippen LogP contribution in [0.15, 0.2) is 54.6 Å². The highest BCUT2D eigenvalue weighted by molar-refractivity contribution is 7.85. The van der Waals surface area contributed by atoms with Crippen molar-refractivity contribution in [3.8, 4) is 0 Å². The highest BCUT2D eigenvalue weighted by Gasteiger charge is 2.65. The Kier molecular flexibility index (Phi) is 8.35. The van der Waals surface area contributed by atoms with Gasteiger partial charge < -0.3 is 0 Å². The van der Waals surface area contributed by atoms with Crippen molar-refractivity contribution in [2.75, 3.05) is 5.75 Å². The molecule has 33 heavy (non-hydrogen) atoms. The minimum Gasteiger partial charge on any atom is -0.299 e. The summed E-state index contributed by atoms with van der Waals surface area (Å²) in [5.74, 6) is -0.101. The van der Waals surface area contributed by atoms with Crippen LogP contribution in [-0.2, 0) is 20.3 Å². The number of ketones is 1. The van der Waals surface area contributed by atoms with E-state index in [0.717, 1.165) is 6.42 Å². The first kappa shape index (κ1) is 27.3. The van der Waals surface area contributed by atoms with Gasteiger partial charge in [-0.2, -0.15) is 8.42 Å². The van der Waals surface area contributed by atoms with E-state index in [-0.39, 0.29) is 22.5 Å². The van der Waals surface area contributed by atoms with Crippen molar-refractivity contribution in [1.82, 2.24) is 0 Å². The van der Waals surface area contributed by atoms with Crippen molar-refractivity contribution in [2.45, 2.75) is 73.1 Å². The molecule has 0 amide bonds. The minimum absolute atomic E-state index is 0.0152. The predicted octanol–water partition coefficient (Wildman–Crippen LogP) is 6.56. The van der Waals surface area contributed by atoms with Crippen LogP contribution >= 0.6 is 0 Å². The molecular formula is C28H40O4S. The Hall–Kier alpha value is -1.98. The topological polar surface area (TPSA) is 71.4 Å². The van der Waals surface area contributed by atoms with Crippen LogP contribution in [0.25, 0.3) is 0 Å². The Morgan fingerprint density at radius 1 is 0.939 bits per heavy atom. The van der Waals surface area contributed by atoms with Crippen molar-refractivity contribution in [3.63, 3.8) is 0 Å². The van der Waals surface area contributed by atoms with Gasteiger partial charge in [-0.3, -0.25) is 9.35 Å². The Bertz CT molecular complexity index is 1030. The summed E-state index contributed by atoms with van der Waals surface area (Å²) in [6.45, 7) is 14.8. The van der Waals surface area contributed by atoms with E-state index in [1.807, 2.05) is 32.0 Å². The Morgan fingerprint density at radius 3 is 1.79 bits per heavy atom. The molecule has 182 valence electrons. The van der Waals surface area contributed by atoms with Crippen LogP contribution in [0.3, 0.4) is 0 Å². The highest BCUT2D eigenvalue weighted by atomic mass is 32.2. The number of aryl methyl sites for hydroxylation is 2. The third-order valence-electron chi connectivity index (χ3n) is 7.43. The van der Waals surface area contributed by atoms with E-state index in [0.29, 0.717) is 12.8 Å². The van der Waals surface area contributed by atoms with Gasteiger partial charge in [-0.05, 0) is 49.0 Å². The summed E-state index contributed by atoms with van der Waals surface area (Å²) in [5.41, 5.74) is 3.22. The van der Waals surface area contributed by atoms with Gasteiger partial charge in [0.05, 0.1) is 11.2 Å². The molecule has 4 rings (SSSR count). The monoisotopic (exact) mass is 472 g/mol. The fourth-order valence-corrected chi connectivity index (χ4v) is 6.31. The molecule has 5 heteroatoms. The summed E-state index contributed by atoms with van der Waals surface area (Å²) in [4.78, 5) is 11.9. The first-order valence-corrected chi connectivity index (χ1v) is 13.3. The lowest BCUT2D eigenvalue weighted by atomic mass is 9.70. The molecule has 2 bridgehead atoms. The van der Waals surface area contributed by atoms with Crippen molar-refractivity contribution in [2.24, 2.45) is 16.7 Å². The van der Waals surface area contributed by atoms with Gasteiger partial charge in [-0.15, -0.1) is 0 Å².